The van der Waals surface area contributed by atoms with Crippen LogP contribution in [0.15, 0.2) is 107 Å². The SMILES string of the molecule is COc1ccc(CC(=O)NC2C(=O)N3C(C(=O)OC(c4ccccc4)c4ccccc4)=C(Sc4nc(N)c5cn[nH]c5n4)CS[C@H]23)cc1. The second kappa shape index (κ2) is 13.4. The summed E-state index contributed by atoms with van der Waals surface area (Å²) in [6, 6.07) is 25.1. The van der Waals surface area contributed by atoms with Crippen molar-refractivity contribution < 1.29 is 23.9 Å². The summed E-state index contributed by atoms with van der Waals surface area (Å²) in [4.78, 5) is 51.9. The minimum absolute atomic E-state index is 0.0816. The Morgan fingerprint density at radius 1 is 1.04 bits per heavy atom. The Morgan fingerprint density at radius 2 is 1.73 bits per heavy atom. The van der Waals surface area contributed by atoms with Gasteiger partial charge in [-0.1, -0.05) is 84.6 Å². The van der Waals surface area contributed by atoms with Crippen LogP contribution in [0.5, 0.6) is 5.75 Å². The van der Waals surface area contributed by atoms with E-state index in [2.05, 4.69) is 25.5 Å². The number of hydrogen-bond acceptors (Lipinski definition) is 11. The van der Waals surface area contributed by atoms with Crippen molar-refractivity contribution >= 4 is 58.2 Å². The van der Waals surface area contributed by atoms with Crippen molar-refractivity contribution in [2.75, 3.05) is 18.6 Å². The van der Waals surface area contributed by atoms with Crippen LogP contribution < -0.4 is 15.8 Å². The molecule has 2 atom stereocenters. The quantitative estimate of drug-likeness (QED) is 0.110. The third kappa shape index (κ3) is 6.19. The Labute approximate surface area is 283 Å². The van der Waals surface area contributed by atoms with Crippen molar-refractivity contribution in [3.8, 4) is 5.75 Å². The van der Waals surface area contributed by atoms with Gasteiger partial charge < -0.3 is 20.5 Å². The van der Waals surface area contributed by atoms with Gasteiger partial charge >= 0.3 is 5.97 Å². The van der Waals surface area contributed by atoms with Gasteiger partial charge in [-0.15, -0.1) is 11.8 Å². The Bertz CT molecular complexity index is 1980. The van der Waals surface area contributed by atoms with E-state index in [4.69, 9.17) is 15.2 Å². The van der Waals surface area contributed by atoms with E-state index in [0.29, 0.717) is 27.4 Å². The fourth-order valence-electron chi connectivity index (χ4n) is 5.55. The van der Waals surface area contributed by atoms with Gasteiger partial charge in [0.05, 0.1) is 25.1 Å². The summed E-state index contributed by atoms with van der Waals surface area (Å²) in [5, 5.41) is 9.99. The molecule has 0 bridgehead atoms. The van der Waals surface area contributed by atoms with E-state index in [-0.39, 0.29) is 29.0 Å². The molecule has 2 aromatic heterocycles. The van der Waals surface area contributed by atoms with Crippen molar-refractivity contribution in [1.29, 1.82) is 0 Å². The molecule has 0 radical (unpaired) electrons. The van der Waals surface area contributed by atoms with Gasteiger partial charge in [0.1, 0.15) is 28.7 Å². The van der Waals surface area contributed by atoms with Crippen LogP contribution in [0.25, 0.3) is 11.0 Å². The molecule has 242 valence electrons. The lowest BCUT2D eigenvalue weighted by Crippen LogP contribution is -2.70. The minimum Gasteiger partial charge on any atom is -0.497 e. The van der Waals surface area contributed by atoms with E-state index in [1.807, 2.05) is 60.7 Å². The lowest BCUT2D eigenvalue weighted by atomic mass is 10.0. The molecule has 0 saturated carbocycles. The number of nitrogens with two attached hydrogens (primary N) is 1. The number of carbonyl (C=O) groups excluding carboxylic acids is 3. The van der Waals surface area contributed by atoms with E-state index in [9.17, 15) is 14.4 Å². The number of nitrogens with zero attached hydrogens (tertiary/aromatic N) is 4. The van der Waals surface area contributed by atoms with Crippen molar-refractivity contribution in [3.63, 3.8) is 0 Å². The molecule has 7 rings (SSSR count). The number of hydrogen-bond donors (Lipinski definition) is 3. The first-order valence-electron chi connectivity index (χ1n) is 14.9. The summed E-state index contributed by atoms with van der Waals surface area (Å²) in [6.45, 7) is 0. The number of carbonyl (C=O) groups is 3. The summed E-state index contributed by atoms with van der Waals surface area (Å²) < 4.78 is 11.4. The average Bonchev–Trinajstić information content (AvgIpc) is 3.60. The second-order valence-corrected chi connectivity index (χ2v) is 13.2. The molecule has 0 spiro atoms. The average molecular weight is 680 g/mol. The van der Waals surface area contributed by atoms with Gasteiger partial charge in [0.15, 0.2) is 16.9 Å². The number of anilines is 1. The smallest absolute Gasteiger partial charge is 0.356 e. The Kier molecular flexibility index (Phi) is 8.74. The predicted molar refractivity (Wildman–Crippen MR) is 182 cm³/mol. The molecule has 5 aromatic rings. The summed E-state index contributed by atoms with van der Waals surface area (Å²) in [5.41, 5.74) is 9.01. The molecule has 2 aliphatic heterocycles. The van der Waals surface area contributed by atoms with Crippen LogP contribution in [0.3, 0.4) is 0 Å². The molecular weight excluding hydrogens is 651 g/mol. The maximum atomic E-state index is 14.3. The fraction of sp³-hybridized carbons (Fsp3) is 0.176. The first-order valence-corrected chi connectivity index (χ1v) is 16.8. The first kappa shape index (κ1) is 31.3. The van der Waals surface area contributed by atoms with Crippen LogP contribution in [0.2, 0.25) is 0 Å². The summed E-state index contributed by atoms with van der Waals surface area (Å²) in [6.07, 6.45) is 0.884. The molecule has 3 aromatic carbocycles. The molecule has 2 amide bonds. The number of H-pyrrole nitrogens is 1. The lowest BCUT2D eigenvalue weighted by Gasteiger charge is -2.49. The van der Waals surface area contributed by atoms with Gasteiger partial charge in [-0.2, -0.15) is 5.10 Å². The second-order valence-electron chi connectivity index (χ2n) is 11.0. The monoisotopic (exact) mass is 679 g/mol. The number of β-lactam (4-membered cyclic amide) rings is 1. The van der Waals surface area contributed by atoms with Crippen LogP contribution in [0.4, 0.5) is 5.82 Å². The molecule has 4 heterocycles. The van der Waals surface area contributed by atoms with Crippen molar-refractivity contribution in [1.82, 2.24) is 30.4 Å². The molecule has 48 heavy (non-hydrogen) atoms. The van der Waals surface area contributed by atoms with Crippen LogP contribution in [-0.2, 0) is 25.5 Å². The zero-order valence-electron chi connectivity index (χ0n) is 25.5. The highest BCUT2D eigenvalue weighted by atomic mass is 32.2. The number of ether oxygens (including phenoxy) is 2. The van der Waals surface area contributed by atoms with Gasteiger partial charge in [-0.25, -0.2) is 14.8 Å². The number of nitrogen functional groups attached to an aromatic ring is 1. The number of aromatic nitrogens is 4. The van der Waals surface area contributed by atoms with E-state index < -0.39 is 29.4 Å². The number of rotatable bonds is 10. The third-order valence-corrected chi connectivity index (χ3v) is 10.3. The molecule has 0 aliphatic carbocycles. The maximum absolute atomic E-state index is 14.3. The normalized spacial score (nSPS) is 17.2. The van der Waals surface area contributed by atoms with Crippen molar-refractivity contribution in [3.05, 3.63) is 118 Å². The maximum Gasteiger partial charge on any atom is 0.356 e. The van der Waals surface area contributed by atoms with E-state index in [0.717, 1.165) is 28.5 Å². The van der Waals surface area contributed by atoms with Gasteiger partial charge in [0.2, 0.25) is 5.91 Å². The zero-order chi connectivity index (χ0) is 33.2. The molecule has 1 unspecified atom stereocenters. The van der Waals surface area contributed by atoms with Gasteiger partial charge in [0, 0.05) is 10.7 Å². The number of amides is 2. The summed E-state index contributed by atoms with van der Waals surface area (Å²) in [5.74, 6) is -0.165. The first-order chi connectivity index (χ1) is 23.4. The predicted octanol–water partition coefficient (Wildman–Crippen LogP) is 4.22. The molecule has 4 N–H and O–H groups in total. The third-order valence-electron chi connectivity index (χ3n) is 7.93. The topological polar surface area (TPSA) is 165 Å². The van der Waals surface area contributed by atoms with Crippen LogP contribution in [-0.4, -0.2) is 67.1 Å². The van der Waals surface area contributed by atoms with Crippen molar-refractivity contribution in [2.24, 2.45) is 0 Å². The highest BCUT2D eigenvalue weighted by Gasteiger charge is 2.55. The van der Waals surface area contributed by atoms with E-state index in [1.54, 1.807) is 31.4 Å². The van der Waals surface area contributed by atoms with Crippen LogP contribution in [0.1, 0.15) is 22.8 Å². The minimum atomic E-state index is -0.817. The van der Waals surface area contributed by atoms with Crippen LogP contribution in [0, 0.1) is 0 Å². The number of benzene rings is 3. The Balaban J connectivity index is 1.18. The number of methoxy groups -OCH3 is 1. The molecule has 1 fully saturated rings. The fourth-order valence-corrected chi connectivity index (χ4v) is 7.96. The molecule has 1 saturated heterocycles. The number of esters is 1. The summed E-state index contributed by atoms with van der Waals surface area (Å²) in [7, 11) is 1.57. The molecular formula is C34H29N7O5S2. The highest BCUT2D eigenvalue weighted by molar-refractivity contribution is 8.06. The standard InChI is InChI=1S/C34H29N7O5S2/c1-45-22-14-12-19(13-15-22)16-25(42)37-26-31(43)41-27(33(44)46-28(20-8-4-2-5-9-20)21-10-6-3-7-11-21)24(18-47-32(26)41)48-34-38-29(35)23-17-36-40-30(23)39-34/h2-15,17,26,28,32H,16,18H2,1H3,(H,37,42)(H3,35,36,38,39,40)/t26?,32-/m1/s1. The van der Waals surface area contributed by atoms with Gasteiger partial charge in [-0.05, 0) is 28.8 Å². The molecule has 12 nitrogen and oxygen atoms in total. The highest BCUT2D eigenvalue weighted by Crippen LogP contribution is 2.46. The van der Waals surface area contributed by atoms with E-state index >= 15 is 0 Å². The number of fused-ring (bicyclic) bond motifs is 2. The van der Waals surface area contributed by atoms with Crippen LogP contribution >= 0.6 is 23.5 Å². The Hall–Kier alpha value is -5.34. The van der Waals surface area contributed by atoms with Gasteiger partial charge in [0.25, 0.3) is 5.91 Å². The number of aromatic amines is 1. The molecule has 14 heteroatoms. The largest absolute Gasteiger partial charge is 0.497 e. The zero-order valence-corrected chi connectivity index (χ0v) is 27.2. The summed E-state index contributed by atoms with van der Waals surface area (Å²) >= 11 is 2.56. The molecule has 2 aliphatic rings. The Morgan fingerprint density at radius 3 is 2.40 bits per heavy atom. The van der Waals surface area contributed by atoms with Crippen molar-refractivity contribution in [2.45, 2.75) is 29.1 Å². The van der Waals surface area contributed by atoms with E-state index in [1.165, 1.54) is 22.9 Å². The lowest BCUT2D eigenvalue weighted by molar-refractivity contribution is -0.154. The van der Waals surface area contributed by atoms with Gasteiger partial charge in [-0.3, -0.25) is 19.6 Å². The number of nitrogens with one attached hydrogen (secondary N) is 2. The number of thioether (sulfide) groups is 2.